The molecule has 1 heterocycles. The van der Waals surface area contributed by atoms with Crippen LogP contribution in [0, 0.1) is 11.8 Å². The lowest BCUT2D eigenvalue weighted by molar-refractivity contribution is -0.139. The molecule has 0 aromatic rings. The van der Waals surface area contributed by atoms with E-state index in [9.17, 15) is 9.59 Å². The zero-order valence-electron chi connectivity index (χ0n) is 12.4. The Bertz CT molecular complexity index is 312. The van der Waals surface area contributed by atoms with E-state index in [2.05, 4.69) is 5.32 Å². The number of rotatable bonds is 5. The Hall–Kier alpha value is -1.10. The summed E-state index contributed by atoms with van der Waals surface area (Å²) >= 11 is 0. The van der Waals surface area contributed by atoms with Gasteiger partial charge in [0.05, 0.1) is 12.5 Å². The minimum Gasteiger partial charge on any atom is -0.381 e. The van der Waals surface area contributed by atoms with E-state index < -0.39 is 6.04 Å². The Balaban J connectivity index is 2.62. The third-order valence-electron chi connectivity index (χ3n) is 3.61. The highest BCUT2D eigenvalue weighted by molar-refractivity contribution is 5.88. The van der Waals surface area contributed by atoms with Gasteiger partial charge in [-0.3, -0.25) is 9.59 Å². The summed E-state index contributed by atoms with van der Waals surface area (Å²) in [6, 6.07) is -0.445. The van der Waals surface area contributed by atoms with Crippen LogP contribution in [0.4, 0.5) is 0 Å². The molecule has 1 N–H and O–H groups in total. The summed E-state index contributed by atoms with van der Waals surface area (Å²) in [7, 11) is 1.76. The topological polar surface area (TPSA) is 58.6 Å². The molecule has 0 spiro atoms. The van der Waals surface area contributed by atoms with E-state index in [0.29, 0.717) is 13.2 Å². The molecule has 1 unspecified atom stereocenters. The molecule has 0 aromatic heterocycles. The van der Waals surface area contributed by atoms with Crippen LogP contribution in [-0.2, 0) is 14.3 Å². The third kappa shape index (κ3) is 4.49. The van der Waals surface area contributed by atoms with Crippen LogP contribution in [0.5, 0.6) is 0 Å². The van der Waals surface area contributed by atoms with Crippen molar-refractivity contribution in [2.24, 2.45) is 11.8 Å². The average Bonchev–Trinajstić information content (AvgIpc) is 2.43. The zero-order chi connectivity index (χ0) is 14.4. The highest BCUT2D eigenvalue weighted by Crippen LogP contribution is 2.15. The number of nitrogens with one attached hydrogen (secondary N) is 1. The van der Waals surface area contributed by atoms with Crippen LogP contribution in [-0.4, -0.2) is 49.6 Å². The second kappa shape index (κ2) is 7.48. The Labute approximate surface area is 115 Å². The number of nitrogens with zero attached hydrogens (tertiary/aromatic N) is 1. The largest absolute Gasteiger partial charge is 0.381 e. The second-order valence-electron chi connectivity index (χ2n) is 5.50. The third-order valence-corrected chi connectivity index (χ3v) is 3.61. The first-order valence-corrected chi connectivity index (χ1v) is 7.10. The van der Waals surface area contributed by atoms with Crippen molar-refractivity contribution in [2.45, 2.75) is 39.7 Å². The van der Waals surface area contributed by atoms with Gasteiger partial charge in [-0.2, -0.15) is 0 Å². The summed E-state index contributed by atoms with van der Waals surface area (Å²) in [6.45, 7) is 7.66. The van der Waals surface area contributed by atoms with Crippen molar-refractivity contribution >= 4 is 11.8 Å². The van der Waals surface area contributed by atoms with Gasteiger partial charge in [-0.1, -0.05) is 13.8 Å². The van der Waals surface area contributed by atoms with Crippen molar-refractivity contribution in [3.63, 3.8) is 0 Å². The first kappa shape index (κ1) is 16.0. The van der Waals surface area contributed by atoms with Gasteiger partial charge in [-0.15, -0.1) is 0 Å². The minimum atomic E-state index is -0.445. The molecule has 0 radical (unpaired) electrons. The molecule has 1 aliphatic rings. The molecule has 0 bridgehead atoms. The lowest BCUT2D eigenvalue weighted by Gasteiger charge is -2.29. The molecular formula is C14H26N2O3. The van der Waals surface area contributed by atoms with Gasteiger partial charge < -0.3 is 15.0 Å². The van der Waals surface area contributed by atoms with Crippen LogP contribution < -0.4 is 5.32 Å². The number of carbonyl (C=O) groups is 2. The SMILES string of the molecule is CCN(C)C(=O)[C@@H](NC(=O)C1CCCOC1)C(C)C. The number of likely N-dealkylation sites (N-methyl/N-ethyl adjacent to an activating group) is 1. The Morgan fingerprint density at radius 3 is 2.58 bits per heavy atom. The predicted molar refractivity (Wildman–Crippen MR) is 73.6 cm³/mol. The maximum Gasteiger partial charge on any atom is 0.245 e. The smallest absolute Gasteiger partial charge is 0.245 e. The van der Waals surface area contributed by atoms with Gasteiger partial charge in [0.2, 0.25) is 11.8 Å². The molecule has 1 fully saturated rings. The maximum absolute atomic E-state index is 12.2. The number of hydrogen-bond acceptors (Lipinski definition) is 3. The van der Waals surface area contributed by atoms with Gasteiger partial charge in [0.15, 0.2) is 0 Å². The minimum absolute atomic E-state index is 0.0254. The van der Waals surface area contributed by atoms with Crippen molar-refractivity contribution in [3.8, 4) is 0 Å². The Morgan fingerprint density at radius 1 is 1.42 bits per heavy atom. The van der Waals surface area contributed by atoms with Gasteiger partial charge in [-0.05, 0) is 25.7 Å². The van der Waals surface area contributed by atoms with E-state index in [1.807, 2.05) is 20.8 Å². The number of amides is 2. The fraction of sp³-hybridized carbons (Fsp3) is 0.857. The fourth-order valence-electron chi connectivity index (χ4n) is 2.13. The van der Waals surface area contributed by atoms with Crippen LogP contribution in [0.3, 0.4) is 0 Å². The highest BCUT2D eigenvalue weighted by atomic mass is 16.5. The highest BCUT2D eigenvalue weighted by Gasteiger charge is 2.30. The number of hydrogen-bond donors (Lipinski definition) is 1. The summed E-state index contributed by atoms with van der Waals surface area (Å²) in [5.41, 5.74) is 0. The number of ether oxygens (including phenoxy) is 1. The van der Waals surface area contributed by atoms with Gasteiger partial charge in [0, 0.05) is 20.2 Å². The van der Waals surface area contributed by atoms with Crippen molar-refractivity contribution in [1.82, 2.24) is 10.2 Å². The molecule has 1 aliphatic heterocycles. The van der Waals surface area contributed by atoms with E-state index in [0.717, 1.165) is 19.4 Å². The van der Waals surface area contributed by atoms with E-state index in [1.54, 1.807) is 11.9 Å². The molecule has 5 heteroatoms. The summed E-state index contributed by atoms with van der Waals surface area (Å²) in [5.74, 6) is -0.122. The molecule has 0 saturated carbocycles. The molecule has 0 aliphatic carbocycles. The van der Waals surface area contributed by atoms with Crippen molar-refractivity contribution in [1.29, 1.82) is 0 Å². The van der Waals surface area contributed by atoms with Gasteiger partial charge in [0.1, 0.15) is 6.04 Å². The van der Waals surface area contributed by atoms with E-state index >= 15 is 0 Å². The molecule has 2 amide bonds. The molecular weight excluding hydrogens is 244 g/mol. The number of carbonyl (C=O) groups excluding carboxylic acids is 2. The van der Waals surface area contributed by atoms with Crippen LogP contribution in [0.25, 0.3) is 0 Å². The normalized spacial score (nSPS) is 21.0. The fourth-order valence-corrected chi connectivity index (χ4v) is 2.13. The lowest BCUT2D eigenvalue weighted by atomic mass is 9.98. The molecule has 2 atom stereocenters. The molecule has 5 nitrogen and oxygen atoms in total. The molecule has 19 heavy (non-hydrogen) atoms. The lowest BCUT2D eigenvalue weighted by Crippen LogP contribution is -2.52. The van der Waals surface area contributed by atoms with Crippen LogP contribution in [0.1, 0.15) is 33.6 Å². The monoisotopic (exact) mass is 270 g/mol. The van der Waals surface area contributed by atoms with E-state index in [1.165, 1.54) is 0 Å². The quantitative estimate of drug-likeness (QED) is 0.812. The van der Waals surface area contributed by atoms with Crippen molar-refractivity contribution in [2.75, 3.05) is 26.8 Å². The predicted octanol–water partition coefficient (Wildman–Crippen LogP) is 1.03. The van der Waals surface area contributed by atoms with Crippen LogP contribution in [0.2, 0.25) is 0 Å². The Kier molecular flexibility index (Phi) is 6.28. The Morgan fingerprint density at radius 2 is 2.11 bits per heavy atom. The molecule has 110 valence electrons. The summed E-state index contributed by atoms with van der Waals surface area (Å²) in [5, 5.41) is 2.89. The molecule has 1 saturated heterocycles. The van der Waals surface area contributed by atoms with E-state index in [4.69, 9.17) is 4.74 Å². The van der Waals surface area contributed by atoms with Gasteiger partial charge in [-0.25, -0.2) is 0 Å². The second-order valence-corrected chi connectivity index (χ2v) is 5.50. The van der Waals surface area contributed by atoms with Crippen molar-refractivity contribution < 1.29 is 14.3 Å². The van der Waals surface area contributed by atoms with Crippen LogP contribution in [0.15, 0.2) is 0 Å². The van der Waals surface area contributed by atoms with Gasteiger partial charge >= 0.3 is 0 Å². The zero-order valence-corrected chi connectivity index (χ0v) is 12.4. The first-order chi connectivity index (χ1) is 8.97. The van der Waals surface area contributed by atoms with Gasteiger partial charge in [0.25, 0.3) is 0 Å². The maximum atomic E-state index is 12.2. The summed E-state index contributed by atoms with van der Waals surface area (Å²) < 4.78 is 5.32. The standard InChI is InChI=1S/C14H26N2O3/c1-5-16(4)14(18)12(10(2)3)15-13(17)11-7-6-8-19-9-11/h10-12H,5-9H2,1-4H3,(H,15,17)/t11?,12-/m0/s1. The molecule has 0 aromatic carbocycles. The summed E-state index contributed by atoms with van der Waals surface area (Å²) in [4.78, 5) is 26.0. The van der Waals surface area contributed by atoms with E-state index in [-0.39, 0.29) is 23.7 Å². The summed E-state index contributed by atoms with van der Waals surface area (Å²) in [6.07, 6.45) is 1.75. The molecule has 1 rings (SSSR count). The first-order valence-electron chi connectivity index (χ1n) is 7.10. The van der Waals surface area contributed by atoms with Crippen molar-refractivity contribution in [3.05, 3.63) is 0 Å². The van der Waals surface area contributed by atoms with Crippen LogP contribution >= 0.6 is 0 Å². The average molecular weight is 270 g/mol.